The molecule has 66 valence electrons. The van der Waals surface area contributed by atoms with Gasteiger partial charge in [-0.25, -0.2) is 4.21 Å². The van der Waals surface area contributed by atoms with Gasteiger partial charge in [-0.15, -0.1) is 0 Å². The molecule has 0 saturated carbocycles. The Kier molecular flexibility index (Phi) is 2.47. The topological polar surface area (TPSA) is 42.3 Å². The molecule has 0 aliphatic carbocycles. The van der Waals surface area contributed by atoms with Crippen LogP contribution in [0.1, 0.15) is 5.56 Å². The molecular formula is C8H12N2OS. The molecule has 0 aromatic carbocycles. The first-order valence-corrected chi connectivity index (χ1v) is 5.89. The van der Waals surface area contributed by atoms with Crippen molar-refractivity contribution in [3.63, 3.8) is 0 Å². The lowest BCUT2D eigenvalue weighted by Gasteiger charge is -1.96. The predicted molar refractivity (Wildman–Crippen MR) is 51.1 cm³/mol. The van der Waals surface area contributed by atoms with E-state index in [0.717, 1.165) is 5.56 Å². The summed E-state index contributed by atoms with van der Waals surface area (Å²) in [6.07, 6.45) is 6.57. The summed E-state index contributed by atoms with van der Waals surface area (Å²) in [7, 11) is -2.06. The lowest BCUT2D eigenvalue weighted by atomic mass is 10.3. The van der Waals surface area contributed by atoms with Crippen molar-refractivity contribution in [2.75, 3.05) is 12.5 Å². The van der Waals surface area contributed by atoms with Crippen molar-refractivity contribution in [2.45, 2.75) is 6.92 Å². The molecule has 3 nitrogen and oxygen atoms in total. The van der Waals surface area contributed by atoms with Crippen LogP contribution >= 0.6 is 0 Å². The van der Waals surface area contributed by atoms with Gasteiger partial charge in [0.1, 0.15) is 0 Å². The molecule has 1 heterocycles. The normalized spacial score (nSPS) is 11.2. The van der Waals surface area contributed by atoms with E-state index in [-0.39, 0.29) is 0 Å². The van der Waals surface area contributed by atoms with E-state index >= 15 is 0 Å². The molecule has 0 spiro atoms. The number of rotatable bonds is 1. The molecule has 0 bridgehead atoms. The van der Waals surface area contributed by atoms with E-state index in [4.69, 9.17) is 0 Å². The van der Waals surface area contributed by atoms with Crippen molar-refractivity contribution < 1.29 is 4.21 Å². The molecule has 0 radical (unpaired) electrons. The van der Waals surface area contributed by atoms with Crippen LogP contribution in [0.4, 0.5) is 5.69 Å². The Morgan fingerprint density at radius 3 is 2.58 bits per heavy atom. The zero-order valence-corrected chi connectivity index (χ0v) is 8.26. The zero-order valence-electron chi connectivity index (χ0n) is 7.44. The number of hydrogen-bond acceptors (Lipinski definition) is 3. The Morgan fingerprint density at radius 1 is 1.42 bits per heavy atom. The highest BCUT2D eigenvalue weighted by Gasteiger charge is 1.93. The molecule has 4 heteroatoms. The summed E-state index contributed by atoms with van der Waals surface area (Å²) in [6, 6.07) is 1.86. The Balaban J connectivity index is 3.15. The molecule has 0 saturated heterocycles. The Hall–Kier alpha value is -0.900. The van der Waals surface area contributed by atoms with E-state index in [0.29, 0.717) is 5.69 Å². The van der Waals surface area contributed by atoms with Crippen LogP contribution in [0, 0.1) is 6.92 Å². The second-order valence-corrected chi connectivity index (χ2v) is 5.54. The van der Waals surface area contributed by atoms with Gasteiger partial charge in [0.2, 0.25) is 0 Å². The average Bonchev–Trinajstić information content (AvgIpc) is 1.82. The third-order valence-corrected chi connectivity index (χ3v) is 1.84. The van der Waals surface area contributed by atoms with E-state index in [1.807, 2.05) is 13.0 Å². The number of hydrogen-bond donors (Lipinski definition) is 0. The quantitative estimate of drug-likeness (QED) is 0.667. The predicted octanol–water partition coefficient (Wildman–Crippen LogP) is 1.75. The molecule has 0 aliphatic heterocycles. The molecule has 0 amide bonds. The highest BCUT2D eigenvalue weighted by Crippen LogP contribution is 2.12. The van der Waals surface area contributed by atoms with Gasteiger partial charge in [-0.05, 0) is 18.6 Å². The standard InChI is InChI=1S/C8H12N2OS/c1-7-4-8(6-9-5-7)10-12(2,3)11/h4-6H,1-3H3. The van der Waals surface area contributed by atoms with Gasteiger partial charge in [-0.3, -0.25) is 4.98 Å². The molecule has 0 aliphatic rings. The third-order valence-electron chi connectivity index (χ3n) is 1.19. The number of pyridine rings is 1. The van der Waals surface area contributed by atoms with E-state index in [1.165, 1.54) is 0 Å². The van der Waals surface area contributed by atoms with Crippen LogP contribution in [-0.2, 0) is 9.73 Å². The second-order valence-electron chi connectivity index (χ2n) is 2.99. The van der Waals surface area contributed by atoms with Gasteiger partial charge < -0.3 is 0 Å². The van der Waals surface area contributed by atoms with Gasteiger partial charge in [-0.1, -0.05) is 0 Å². The van der Waals surface area contributed by atoms with Crippen LogP contribution in [0.2, 0.25) is 0 Å². The van der Waals surface area contributed by atoms with Crippen LogP contribution in [0.25, 0.3) is 0 Å². The minimum absolute atomic E-state index is 0.685. The summed E-state index contributed by atoms with van der Waals surface area (Å²) in [6.45, 7) is 1.93. The fraction of sp³-hybridized carbons (Fsp3) is 0.375. The van der Waals surface area contributed by atoms with E-state index < -0.39 is 9.73 Å². The summed E-state index contributed by atoms with van der Waals surface area (Å²) >= 11 is 0. The third kappa shape index (κ3) is 3.00. The van der Waals surface area contributed by atoms with Crippen molar-refractivity contribution in [1.82, 2.24) is 4.98 Å². The van der Waals surface area contributed by atoms with Crippen LogP contribution in [0.3, 0.4) is 0 Å². The zero-order chi connectivity index (χ0) is 9.19. The maximum Gasteiger partial charge on any atom is 0.0915 e. The van der Waals surface area contributed by atoms with Gasteiger partial charge in [0.25, 0.3) is 0 Å². The molecule has 1 rings (SSSR count). The summed E-state index contributed by atoms with van der Waals surface area (Å²) in [4.78, 5) is 3.95. The van der Waals surface area contributed by atoms with Crippen molar-refractivity contribution in [2.24, 2.45) is 4.36 Å². The highest BCUT2D eigenvalue weighted by atomic mass is 32.2. The second kappa shape index (κ2) is 3.23. The minimum Gasteiger partial charge on any atom is -0.262 e. The fourth-order valence-electron chi connectivity index (χ4n) is 0.843. The van der Waals surface area contributed by atoms with Gasteiger partial charge in [0.05, 0.1) is 11.9 Å². The van der Waals surface area contributed by atoms with Crippen molar-refractivity contribution in [1.29, 1.82) is 0 Å². The first kappa shape index (κ1) is 9.19. The Labute approximate surface area is 73.0 Å². The van der Waals surface area contributed by atoms with Crippen molar-refractivity contribution >= 4 is 15.4 Å². The molecule has 1 aromatic heterocycles. The first-order valence-electron chi connectivity index (χ1n) is 3.56. The molecule has 0 fully saturated rings. The Bertz CT molecular complexity index is 384. The summed E-state index contributed by atoms with van der Waals surface area (Å²) in [5, 5.41) is 0. The molecule has 0 atom stereocenters. The number of aryl methyl sites for hydroxylation is 1. The van der Waals surface area contributed by atoms with E-state index in [2.05, 4.69) is 9.35 Å². The number of nitrogens with zero attached hydrogens (tertiary/aromatic N) is 2. The highest BCUT2D eigenvalue weighted by molar-refractivity contribution is 7.92. The van der Waals surface area contributed by atoms with E-state index in [9.17, 15) is 4.21 Å². The molecule has 0 N–H and O–H groups in total. The van der Waals surface area contributed by atoms with Crippen LogP contribution in [0.5, 0.6) is 0 Å². The summed E-state index contributed by atoms with van der Waals surface area (Å²) < 4.78 is 15.3. The van der Waals surface area contributed by atoms with Crippen LogP contribution < -0.4 is 0 Å². The molecule has 12 heavy (non-hydrogen) atoms. The van der Waals surface area contributed by atoms with Crippen LogP contribution in [0.15, 0.2) is 22.8 Å². The van der Waals surface area contributed by atoms with Crippen molar-refractivity contribution in [3.05, 3.63) is 24.0 Å². The summed E-state index contributed by atoms with van der Waals surface area (Å²) in [5.41, 5.74) is 1.71. The monoisotopic (exact) mass is 184 g/mol. The maximum absolute atomic E-state index is 11.3. The Morgan fingerprint density at radius 2 is 2.08 bits per heavy atom. The lowest BCUT2D eigenvalue weighted by Crippen LogP contribution is -1.89. The van der Waals surface area contributed by atoms with Gasteiger partial charge >= 0.3 is 0 Å². The largest absolute Gasteiger partial charge is 0.262 e. The van der Waals surface area contributed by atoms with E-state index in [1.54, 1.807) is 24.9 Å². The molecular weight excluding hydrogens is 172 g/mol. The SMILES string of the molecule is Cc1cncc(N=S(C)(C)=O)c1. The van der Waals surface area contributed by atoms with Gasteiger partial charge in [0.15, 0.2) is 0 Å². The number of aromatic nitrogens is 1. The van der Waals surface area contributed by atoms with Gasteiger partial charge in [-0.2, -0.15) is 4.36 Å². The molecule has 1 aromatic rings. The van der Waals surface area contributed by atoms with Gasteiger partial charge in [0, 0.05) is 28.4 Å². The lowest BCUT2D eigenvalue weighted by molar-refractivity contribution is 0.684. The maximum atomic E-state index is 11.3. The average molecular weight is 184 g/mol. The smallest absolute Gasteiger partial charge is 0.0915 e. The summed E-state index contributed by atoms with van der Waals surface area (Å²) in [5.74, 6) is 0. The fourth-order valence-corrected chi connectivity index (χ4v) is 1.45. The van der Waals surface area contributed by atoms with Crippen LogP contribution in [-0.4, -0.2) is 21.7 Å². The first-order chi connectivity index (χ1) is 5.47. The van der Waals surface area contributed by atoms with Crippen molar-refractivity contribution in [3.8, 4) is 0 Å². The minimum atomic E-state index is -2.06. The molecule has 0 unspecified atom stereocenters.